The zero-order chi connectivity index (χ0) is 22.4. The molecular formula is C26H17BrO5. The second-order valence-corrected chi connectivity index (χ2v) is 8.35. The average Bonchev–Trinajstić information content (AvgIpc) is 3.19. The highest BCUT2D eigenvalue weighted by Crippen LogP contribution is 2.40. The summed E-state index contributed by atoms with van der Waals surface area (Å²) in [5, 5.41) is 1.39. The number of halogens is 1. The van der Waals surface area contributed by atoms with Gasteiger partial charge in [0.25, 0.3) is 0 Å². The summed E-state index contributed by atoms with van der Waals surface area (Å²) in [7, 11) is 1.57. The lowest BCUT2D eigenvalue weighted by Gasteiger charge is -2.06. The van der Waals surface area contributed by atoms with E-state index in [1.54, 1.807) is 37.4 Å². The second kappa shape index (κ2) is 7.80. The normalized spacial score (nSPS) is 11.2. The average molecular weight is 489 g/mol. The topological polar surface area (TPSA) is 69.7 Å². The van der Waals surface area contributed by atoms with Crippen LogP contribution in [0.3, 0.4) is 0 Å². The molecule has 0 atom stereocenters. The van der Waals surface area contributed by atoms with E-state index in [-0.39, 0.29) is 11.5 Å². The van der Waals surface area contributed by atoms with Crippen molar-refractivity contribution in [1.29, 1.82) is 0 Å². The van der Waals surface area contributed by atoms with Crippen molar-refractivity contribution in [2.45, 2.75) is 6.92 Å². The Morgan fingerprint density at radius 3 is 2.34 bits per heavy atom. The third kappa shape index (κ3) is 3.33. The van der Waals surface area contributed by atoms with Crippen molar-refractivity contribution in [1.82, 2.24) is 0 Å². The molecule has 0 radical (unpaired) electrons. The summed E-state index contributed by atoms with van der Waals surface area (Å²) in [6, 6.07) is 19.5. The van der Waals surface area contributed by atoms with Crippen molar-refractivity contribution >= 4 is 43.7 Å². The number of furan rings is 1. The summed E-state index contributed by atoms with van der Waals surface area (Å²) in [6.07, 6.45) is 0. The van der Waals surface area contributed by atoms with Gasteiger partial charge in [0.15, 0.2) is 5.76 Å². The first-order valence-corrected chi connectivity index (χ1v) is 10.7. The summed E-state index contributed by atoms with van der Waals surface area (Å²) >= 11 is 3.45. The van der Waals surface area contributed by atoms with Gasteiger partial charge >= 0.3 is 5.63 Å². The van der Waals surface area contributed by atoms with Gasteiger partial charge in [0.2, 0.25) is 5.78 Å². The molecule has 0 aliphatic carbocycles. The molecule has 5 nitrogen and oxygen atoms in total. The molecule has 0 aliphatic rings. The number of methoxy groups -OCH3 is 1. The number of benzene rings is 3. The summed E-state index contributed by atoms with van der Waals surface area (Å²) in [5.41, 5.74) is 3.06. The number of hydrogen-bond acceptors (Lipinski definition) is 5. The second-order valence-electron chi connectivity index (χ2n) is 7.43. The Morgan fingerprint density at radius 1 is 0.938 bits per heavy atom. The van der Waals surface area contributed by atoms with Gasteiger partial charge in [-0.25, -0.2) is 4.79 Å². The van der Waals surface area contributed by atoms with Crippen LogP contribution in [0.4, 0.5) is 0 Å². The van der Waals surface area contributed by atoms with E-state index in [0.29, 0.717) is 33.4 Å². The van der Waals surface area contributed by atoms with Gasteiger partial charge in [-0.15, -0.1) is 0 Å². The van der Waals surface area contributed by atoms with Crippen molar-refractivity contribution in [2.75, 3.05) is 7.11 Å². The zero-order valence-electron chi connectivity index (χ0n) is 17.3. The van der Waals surface area contributed by atoms with Crippen molar-refractivity contribution < 1.29 is 18.4 Å². The van der Waals surface area contributed by atoms with Crippen LogP contribution in [-0.2, 0) is 0 Å². The Bertz CT molecular complexity index is 1540. The first-order valence-electron chi connectivity index (χ1n) is 9.91. The molecule has 0 aliphatic heterocycles. The molecule has 0 bridgehead atoms. The number of hydrogen-bond donors (Lipinski definition) is 0. The maximum Gasteiger partial charge on any atom is 0.336 e. The van der Waals surface area contributed by atoms with Gasteiger partial charge in [-0.1, -0.05) is 28.1 Å². The van der Waals surface area contributed by atoms with Crippen molar-refractivity contribution in [3.8, 4) is 16.9 Å². The highest BCUT2D eigenvalue weighted by molar-refractivity contribution is 9.10. The molecule has 6 heteroatoms. The first kappa shape index (κ1) is 20.3. The predicted molar refractivity (Wildman–Crippen MR) is 127 cm³/mol. The maximum atomic E-state index is 13.5. The highest BCUT2D eigenvalue weighted by Gasteiger charge is 2.26. The van der Waals surface area contributed by atoms with E-state index in [2.05, 4.69) is 15.9 Å². The lowest BCUT2D eigenvalue weighted by Crippen LogP contribution is -2.02. The van der Waals surface area contributed by atoms with Gasteiger partial charge in [-0.2, -0.15) is 0 Å². The fraction of sp³-hybridized carbons (Fsp3) is 0.0769. The van der Waals surface area contributed by atoms with Crippen LogP contribution >= 0.6 is 15.9 Å². The standard InChI is InChI=1S/C26H17BrO5/c1-14-13-21(28)32-25-19(14)11-12-20-23(25)22(15-3-7-17(27)8-4-15)26(31-20)24(29)16-5-9-18(30-2)10-6-16/h3-13H,1-2H3. The minimum absolute atomic E-state index is 0.184. The van der Waals surface area contributed by atoms with Crippen LogP contribution in [0.15, 0.2) is 84.8 Å². The summed E-state index contributed by atoms with van der Waals surface area (Å²) in [4.78, 5) is 25.7. The molecular weight excluding hydrogens is 472 g/mol. The molecule has 0 amide bonds. The van der Waals surface area contributed by atoms with E-state index in [1.807, 2.05) is 37.3 Å². The van der Waals surface area contributed by atoms with Crippen LogP contribution in [0.1, 0.15) is 21.7 Å². The Morgan fingerprint density at radius 2 is 1.66 bits per heavy atom. The van der Waals surface area contributed by atoms with Crippen LogP contribution in [0.2, 0.25) is 0 Å². The van der Waals surface area contributed by atoms with Gasteiger partial charge in [-0.3, -0.25) is 4.79 Å². The molecule has 3 aromatic carbocycles. The molecule has 0 saturated heterocycles. The molecule has 0 fully saturated rings. The fourth-order valence-corrected chi connectivity index (χ4v) is 4.15. The Hall–Kier alpha value is -3.64. The summed E-state index contributed by atoms with van der Waals surface area (Å²) < 4.78 is 17.8. The zero-order valence-corrected chi connectivity index (χ0v) is 18.9. The number of aryl methyl sites for hydroxylation is 1. The third-order valence-electron chi connectivity index (χ3n) is 5.46. The number of carbonyl (C=O) groups is 1. The van der Waals surface area contributed by atoms with Gasteiger partial charge in [-0.05, 0) is 66.6 Å². The number of rotatable bonds is 4. The molecule has 2 heterocycles. The van der Waals surface area contributed by atoms with Crippen LogP contribution in [0.5, 0.6) is 5.75 Å². The lowest BCUT2D eigenvalue weighted by molar-refractivity contribution is 0.101. The fourth-order valence-electron chi connectivity index (χ4n) is 3.89. The smallest absolute Gasteiger partial charge is 0.336 e. The highest BCUT2D eigenvalue weighted by atomic mass is 79.9. The minimum atomic E-state index is -0.450. The number of fused-ring (bicyclic) bond motifs is 3. The van der Waals surface area contributed by atoms with E-state index in [0.717, 1.165) is 21.0 Å². The lowest BCUT2D eigenvalue weighted by atomic mass is 9.96. The van der Waals surface area contributed by atoms with E-state index >= 15 is 0 Å². The number of carbonyl (C=O) groups excluding carboxylic acids is 1. The minimum Gasteiger partial charge on any atom is -0.497 e. The quantitative estimate of drug-likeness (QED) is 0.213. The predicted octanol–water partition coefficient (Wildman–Crippen LogP) is 6.52. The van der Waals surface area contributed by atoms with Gasteiger partial charge < -0.3 is 13.6 Å². The first-order chi connectivity index (χ1) is 15.5. The third-order valence-corrected chi connectivity index (χ3v) is 5.99. The van der Waals surface area contributed by atoms with Crippen LogP contribution in [-0.4, -0.2) is 12.9 Å². The van der Waals surface area contributed by atoms with Gasteiger partial charge in [0.05, 0.1) is 12.5 Å². The SMILES string of the molecule is COc1ccc(C(=O)c2oc3ccc4c(C)cc(=O)oc4c3c2-c2ccc(Br)cc2)cc1. The maximum absolute atomic E-state index is 13.5. The number of ether oxygens (including phenoxy) is 1. The molecule has 158 valence electrons. The monoisotopic (exact) mass is 488 g/mol. The Balaban J connectivity index is 1.85. The molecule has 5 aromatic rings. The van der Waals surface area contributed by atoms with Gasteiger partial charge in [0, 0.05) is 27.1 Å². The van der Waals surface area contributed by atoms with Gasteiger partial charge in [0.1, 0.15) is 16.9 Å². The van der Waals surface area contributed by atoms with Crippen molar-refractivity contribution in [3.63, 3.8) is 0 Å². The van der Waals surface area contributed by atoms with Crippen LogP contribution in [0, 0.1) is 6.92 Å². The van der Waals surface area contributed by atoms with Crippen molar-refractivity contribution in [3.05, 3.63) is 98.5 Å². The molecule has 32 heavy (non-hydrogen) atoms. The molecule has 0 unspecified atom stereocenters. The van der Waals surface area contributed by atoms with Crippen LogP contribution < -0.4 is 10.4 Å². The molecule has 0 N–H and O–H groups in total. The number of ketones is 1. The summed E-state index contributed by atoms with van der Waals surface area (Å²) in [5.74, 6) is 0.566. The largest absolute Gasteiger partial charge is 0.497 e. The van der Waals surface area contributed by atoms with Crippen LogP contribution in [0.25, 0.3) is 33.1 Å². The molecule has 0 saturated carbocycles. The molecule has 5 rings (SSSR count). The Kier molecular flexibility index (Phi) is 4.94. The van der Waals surface area contributed by atoms with E-state index < -0.39 is 5.63 Å². The van der Waals surface area contributed by atoms with E-state index in [1.165, 1.54) is 6.07 Å². The molecule has 2 aromatic heterocycles. The molecule has 0 spiro atoms. The van der Waals surface area contributed by atoms with E-state index in [4.69, 9.17) is 13.6 Å². The van der Waals surface area contributed by atoms with E-state index in [9.17, 15) is 9.59 Å². The summed E-state index contributed by atoms with van der Waals surface area (Å²) in [6.45, 7) is 1.86. The van der Waals surface area contributed by atoms with Crippen molar-refractivity contribution in [2.24, 2.45) is 0 Å². The Labute approximate surface area is 191 Å².